The van der Waals surface area contributed by atoms with Crippen LogP contribution in [0.5, 0.6) is 0 Å². The van der Waals surface area contributed by atoms with Crippen LogP contribution in [-0.2, 0) is 12.8 Å². The molecule has 0 spiro atoms. The van der Waals surface area contributed by atoms with Gasteiger partial charge in [-0.1, -0.05) is 13.8 Å². The van der Waals surface area contributed by atoms with Crippen LogP contribution in [0.4, 0.5) is 0 Å². The van der Waals surface area contributed by atoms with Crippen molar-refractivity contribution in [2.45, 2.75) is 45.6 Å². The zero-order chi connectivity index (χ0) is 10.7. The standard InChI is InChI=1S/C12H19N3/c1-3-9-8-10(4-2)15-12(14-9)11-6-5-7-13-11/h8,11,13H,3-7H2,1-2H3. The van der Waals surface area contributed by atoms with E-state index < -0.39 is 0 Å². The Labute approximate surface area is 91.3 Å². The highest BCUT2D eigenvalue weighted by molar-refractivity contribution is 5.13. The molecule has 2 rings (SSSR count). The first-order valence-electron chi connectivity index (χ1n) is 5.93. The van der Waals surface area contributed by atoms with E-state index in [1.807, 2.05) is 0 Å². The van der Waals surface area contributed by atoms with Crippen molar-refractivity contribution in [3.05, 3.63) is 23.3 Å². The predicted octanol–water partition coefficient (Wildman–Crippen LogP) is 2.03. The predicted molar refractivity (Wildman–Crippen MR) is 60.8 cm³/mol. The molecule has 0 bridgehead atoms. The zero-order valence-corrected chi connectivity index (χ0v) is 9.58. The summed E-state index contributed by atoms with van der Waals surface area (Å²) >= 11 is 0. The van der Waals surface area contributed by atoms with Gasteiger partial charge in [0.25, 0.3) is 0 Å². The molecular formula is C12H19N3. The maximum atomic E-state index is 4.61. The lowest BCUT2D eigenvalue weighted by molar-refractivity contribution is 0.596. The van der Waals surface area contributed by atoms with Crippen LogP contribution in [0.15, 0.2) is 6.07 Å². The van der Waals surface area contributed by atoms with Crippen LogP contribution in [0.2, 0.25) is 0 Å². The summed E-state index contributed by atoms with van der Waals surface area (Å²) in [5.41, 5.74) is 2.34. The van der Waals surface area contributed by atoms with Gasteiger partial charge in [-0.3, -0.25) is 0 Å². The van der Waals surface area contributed by atoms with Crippen LogP contribution in [0.1, 0.15) is 49.9 Å². The number of rotatable bonds is 3. The largest absolute Gasteiger partial charge is 0.307 e. The van der Waals surface area contributed by atoms with Crippen LogP contribution in [-0.4, -0.2) is 16.5 Å². The van der Waals surface area contributed by atoms with E-state index >= 15 is 0 Å². The molecule has 0 aliphatic carbocycles. The smallest absolute Gasteiger partial charge is 0.145 e. The number of aromatic nitrogens is 2. The molecule has 1 N–H and O–H groups in total. The number of hydrogen-bond donors (Lipinski definition) is 1. The van der Waals surface area contributed by atoms with Crippen molar-refractivity contribution in [1.82, 2.24) is 15.3 Å². The average molecular weight is 205 g/mol. The summed E-state index contributed by atoms with van der Waals surface area (Å²) < 4.78 is 0. The van der Waals surface area contributed by atoms with Gasteiger partial charge in [-0.2, -0.15) is 0 Å². The van der Waals surface area contributed by atoms with Crippen molar-refractivity contribution in [3.63, 3.8) is 0 Å². The summed E-state index contributed by atoms with van der Waals surface area (Å²) in [5, 5.41) is 3.45. The Hall–Kier alpha value is -0.960. The SMILES string of the molecule is CCc1cc(CC)nc(C2CCCN2)n1. The third-order valence-electron chi connectivity index (χ3n) is 2.95. The fourth-order valence-corrected chi connectivity index (χ4v) is 2.00. The molecule has 0 radical (unpaired) electrons. The minimum Gasteiger partial charge on any atom is -0.307 e. The summed E-state index contributed by atoms with van der Waals surface area (Å²) in [6.45, 7) is 5.40. The molecule has 0 amide bonds. The fourth-order valence-electron chi connectivity index (χ4n) is 2.00. The second-order valence-corrected chi connectivity index (χ2v) is 4.06. The van der Waals surface area contributed by atoms with Crippen LogP contribution in [0, 0.1) is 0 Å². The second-order valence-electron chi connectivity index (χ2n) is 4.06. The van der Waals surface area contributed by atoms with Crippen LogP contribution >= 0.6 is 0 Å². The number of nitrogens with one attached hydrogen (secondary N) is 1. The Morgan fingerprint density at radius 1 is 1.27 bits per heavy atom. The van der Waals surface area contributed by atoms with E-state index in [0.29, 0.717) is 6.04 Å². The molecule has 1 aliphatic heterocycles. The maximum absolute atomic E-state index is 4.61. The van der Waals surface area contributed by atoms with E-state index in [-0.39, 0.29) is 0 Å². The molecule has 0 aromatic carbocycles. The molecular weight excluding hydrogens is 186 g/mol. The highest BCUT2D eigenvalue weighted by atomic mass is 15.0. The lowest BCUT2D eigenvalue weighted by Crippen LogP contribution is -2.17. The lowest BCUT2D eigenvalue weighted by atomic mass is 10.2. The summed E-state index contributed by atoms with van der Waals surface area (Å²) in [4.78, 5) is 9.22. The summed E-state index contributed by atoms with van der Waals surface area (Å²) in [5.74, 6) is 1.00. The Bertz CT molecular complexity index is 307. The van der Waals surface area contributed by atoms with Crippen LogP contribution < -0.4 is 5.32 Å². The van der Waals surface area contributed by atoms with Gasteiger partial charge in [0.15, 0.2) is 0 Å². The highest BCUT2D eigenvalue weighted by Crippen LogP contribution is 2.20. The molecule has 2 heterocycles. The van der Waals surface area contributed by atoms with Crippen molar-refractivity contribution < 1.29 is 0 Å². The van der Waals surface area contributed by atoms with E-state index in [4.69, 9.17) is 0 Å². The van der Waals surface area contributed by atoms with Gasteiger partial charge in [-0.25, -0.2) is 9.97 Å². The first-order chi connectivity index (χ1) is 7.33. The third kappa shape index (κ3) is 2.34. The average Bonchev–Trinajstić information content (AvgIpc) is 2.81. The first-order valence-corrected chi connectivity index (χ1v) is 5.93. The van der Waals surface area contributed by atoms with E-state index in [1.165, 1.54) is 24.2 Å². The lowest BCUT2D eigenvalue weighted by Gasteiger charge is -2.11. The molecule has 1 atom stereocenters. The molecule has 82 valence electrons. The van der Waals surface area contributed by atoms with E-state index in [1.54, 1.807) is 0 Å². The fraction of sp³-hybridized carbons (Fsp3) is 0.667. The molecule has 3 nitrogen and oxygen atoms in total. The zero-order valence-electron chi connectivity index (χ0n) is 9.58. The quantitative estimate of drug-likeness (QED) is 0.820. The van der Waals surface area contributed by atoms with Gasteiger partial charge in [0.1, 0.15) is 5.82 Å². The Kier molecular flexibility index (Phi) is 3.31. The third-order valence-corrected chi connectivity index (χ3v) is 2.95. The monoisotopic (exact) mass is 205 g/mol. The van der Waals surface area contributed by atoms with Gasteiger partial charge in [-0.05, 0) is 38.3 Å². The number of aryl methyl sites for hydroxylation is 2. The van der Waals surface area contributed by atoms with E-state index in [0.717, 1.165) is 25.2 Å². The molecule has 1 saturated heterocycles. The van der Waals surface area contributed by atoms with Crippen molar-refractivity contribution in [3.8, 4) is 0 Å². The van der Waals surface area contributed by atoms with Crippen molar-refractivity contribution in [2.75, 3.05) is 6.54 Å². The summed E-state index contributed by atoms with van der Waals surface area (Å²) in [6, 6.07) is 2.51. The first kappa shape index (κ1) is 10.6. The van der Waals surface area contributed by atoms with Gasteiger partial charge in [0, 0.05) is 11.4 Å². The molecule has 15 heavy (non-hydrogen) atoms. The second kappa shape index (κ2) is 4.71. The van der Waals surface area contributed by atoms with Gasteiger partial charge in [0.05, 0.1) is 6.04 Å². The molecule has 1 unspecified atom stereocenters. The minimum atomic E-state index is 0.391. The highest BCUT2D eigenvalue weighted by Gasteiger charge is 2.19. The maximum Gasteiger partial charge on any atom is 0.145 e. The van der Waals surface area contributed by atoms with Gasteiger partial charge < -0.3 is 5.32 Å². The van der Waals surface area contributed by atoms with Crippen molar-refractivity contribution in [2.24, 2.45) is 0 Å². The number of nitrogens with zero attached hydrogens (tertiary/aromatic N) is 2. The summed E-state index contributed by atoms with van der Waals surface area (Å²) in [7, 11) is 0. The van der Waals surface area contributed by atoms with Gasteiger partial charge in [-0.15, -0.1) is 0 Å². The normalized spacial score (nSPS) is 20.8. The van der Waals surface area contributed by atoms with Gasteiger partial charge >= 0.3 is 0 Å². The Morgan fingerprint density at radius 2 is 1.93 bits per heavy atom. The van der Waals surface area contributed by atoms with Crippen LogP contribution in [0.3, 0.4) is 0 Å². The van der Waals surface area contributed by atoms with Crippen molar-refractivity contribution >= 4 is 0 Å². The molecule has 1 aliphatic rings. The molecule has 3 heteroatoms. The van der Waals surface area contributed by atoms with E-state index in [2.05, 4.69) is 35.2 Å². The minimum absolute atomic E-state index is 0.391. The topological polar surface area (TPSA) is 37.8 Å². The molecule has 1 aromatic rings. The van der Waals surface area contributed by atoms with Crippen LogP contribution in [0.25, 0.3) is 0 Å². The Balaban J connectivity index is 2.28. The van der Waals surface area contributed by atoms with Gasteiger partial charge in [0.2, 0.25) is 0 Å². The molecule has 1 fully saturated rings. The Morgan fingerprint density at radius 3 is 2.40 bits per heavy atom. The summed E-state index contributed by atoms with van der Waals surface area (Å²) in [6.07, 6.45) is 4.41. The molecule has 0 saturated carbocycles. The molecule has 1 aromatic heterocycles. The number of hydrogen-bond acceptors (Lipinski definition) is 3. The van der Waals surface area contributed by atoms with Crippen molar-refractivity contribution in [1.29, 1.82) is 0 Å². The van der Waals surface area contributed by atoms with E-state index in [9.17, 15) is 0 Å².